The van der Waals surface area contributed by atoms with Crippen LogP contribution in [0.4, 0.5) is 23.5 Å². The average Bonchev–Trinajstić information content (AvgIpc) is 3.44. The Morgan fingerprint density at radius 2 is 2.19 bits per heavy atom. The van der Waals surface area contributed by atoms with E-state index in [1.54, 1.807) is 11.0 Å². The maximum Gasteiger partial charge on any atom is 0.281 e. The Hall–Kier alpha value is -3.52. The molecule has 0 radical (unpaired) electrons. The monoisotopic (exact) mass is 509 g/mol. The van der Waals surface area contributed by atoms with Crippen molar-refractivity contribution >= 4 is 22.5 Å². The summed E-state index contributed by atoms with van der Waals surface area (Å²) in [5, 5.41) is 14.5. The first-order chi connectivity index (χ1) is 18.5. The summed E-state index contributed by atoms with van der Waals surface area (Å²) >= 11 is 0. The van der Waals surface area contributed by atoms with Gasteiger partial charge in [0, 0.05) is 6.54 Å². The summed E-state index contributed by atoms with van der Waals surface area (Å²) in [4.78, 5) is 5.67. The standard InChI is InChI=1S/C22H22F4N8O2/c1-35-20-19-18(12-2-3-15-16(6-12)33(5-4-23)31-29-15)14(24)7-34(19)30-21(28-20)27-17-8-32(11-22(17,25)26)13-9-36-10-13/h2-3,6-7,13,17H,4-5,8-11H2,1H3,(H,27,30)/i1D3. The quantitative estimate of drug-likeness (QED) is 0.380. The van der Waals surface area contributed by atoms with Crippen molar-refractivity contribution in [2.75, 3.05) is 45.3 Å². The number of hydrogen-bond acceptors (Lipinski definition) is 8. The molecule has 2 aliphatic rings. The van der Waals surface area contributed by atoms with E-state index in [-0.39, 0.29) is 41.7 Å². The van der Waals surface area contributed by atoms with Gasteiger partial charge in [-0.1, -0.05) is 11.3 Å². The fraction of sp³-hybridized carbons (Fsp3) is 0.455. The third-order valence-corrected chi connectivity index (χ3v) is 6.53. The van der Waals surface area contributed by atoms with Crippen LogP contribution >= 0.6 is 0 Å². The highest BCUT2D eigenvalue weighted by molar-refractivity contribution is 5.89. The molecule has 190 valence electrons. The minimum absolute atomic E-state index is 0.0240. The van der Waals surface area contributed by atoms with Crippen LogP contribution in [0.15, 0.2) is 24.4 Å². The lowest BCUT2D eigenvalue weighted by Crippen LogP contribution is -2.48. The van der Waals surface area contributed by atoms with Crippen LogP contribution in [0, 0.1) is 5.82 Å². The maximum absolute atomic E-state index is 15.4. The molecule has 1 unspecified atom stereocenters. The number of nitrogens with one attached hydrogen (secondary N) is 1. The number of aromatic nitrogens is 6. The number of fused-ring (bicyclic) bond motifs is 2. The van der Waals surface area contributed by atoms with Gasteiger partial charge in [-0.15, -0.1) is 10.2 Å². The van der Waals surface area contributed by atoms with Gasteiger partial charge in [0.1, 0.15) is 23.7 Å². The molecule has 1 atom stereocenters. The molecule has 1 N–H and O–H groups in total. The van der Waals surface area contributed by atoms with Gasteiger partial charge in [-0.2, -0.15) is 4.98 Å². The number of halogens is 4. The molecule has 10 nitrogen and oxygen atoms in total. The Morgan fingerprint density at radius 1 is 1.33 bits per heavy atom. The van der Waals surface area contributed by atoms with Crippen LogP contribution in [-0.4, -0.2) is 92.5 Å². The summed E-state index contributed by atoms with van der Waals surface area (Å²) in [7, 11) is -2.99. The van der Waals surface area contributed by atoms with Gasteiger partial charge in [0.15, 0.2) is 5.82 Å². The van der Waals surface area contributed by atoms with Crippen molar-refractivity contribution in [1.29, 1.82) is 0 Å². The third-order valence-electron chi connectivity index (χ3n) is 6.53. The zero-order valence-corrected chi connectivity index (χ0v) is 18.7. The predicted molar refractivity (Wildman–Crippen MR) is 121 cm³/mol. The number of hydrogen-bond donors (Lipinski definition) is 1. The molecule has 36 heavy (non-hydrogen) atoms. The number of aryl methyl sites for hydroxylation is 1. The summed E-state index contributed by atoms with van der Waals surface area (Å²) < 4.78 is 93.2. The van der Waals surface area contributed by atoms with E-state index < -0.39 is 43.9 Å². The Kier molecular flexibility index (Phi) is 4.67. The molecule has 1 aromatic carbocycles. The number of ether oxygens (including phenoxy) is 2. The maximum atomic E-state index is 15.4. The second-order valence-electron chi connectivity index (χ2n) is 8.77. The zero-order chi connectivity index (χ0) is 27.5. The van der Waals surface area contributed by atoms with Crippen LogP contribution in [0.2, 0.25) is 0 Å². The van der Waals surface area contributed by atoms with Gasteiger partial charge >= 0.3 is 0 Å². The molecule has 14 heteroatoms. The van der Waals surface area contributed by atoms with E-state index in [0.717, 1.165) is 10.7 Å². The number of methoxy groups -OCH3 is 1. The molecule has 2 aliphatic heterocycles. The van der Waals surface area contributed by atoms with Crippen molar-refractivity contribution in [3.63, 3.8) is 0 Å². The van der Waals surface area contributed by atoms with Gasteiger partial charge in [0.2, 0.25) is 11.8 Å². The van der Waals surface area contributed by atoms with Crippen molar-refractivity contribution in [2.45, 2.75) is 24.6 Å². The first-order valence-corrected chi connectivity index (χ1v) is 11.2. The van der Waals surface area contributed by atoms with Crippen LogP contribution < -0.4 is 10.1 Å². The van der Waals surface area contributed by atoms with Gasteiger partial charge in [0.25, 0.3) is 5.92 Å². The van der Waals surface area contributed by atoms with Crippen LogP contribution in [0.3, 0.4) is 0 Å². The summed E-state index contributed by atoms with van der Waals surface area (Å²) in [5.74, 6) is -4.84. The number of alkyl halides is 3. The lowest BCUT2D eigenvalue weighted by atomic mass is 10.1. The van der Waals surface area contributed by atoms with E-state index in [9.17, 15) is 13.2 Å². The highest BCUT2D eigenvalue weighted by Crippen LogP contribution is 2.36. The number of nitrogens with zero attached hydrogens (tertiary/aromatic N) is 7. The summed E-state index contributed by atoms with van der Waals surface area (Å²) in [6.45, 7) is -0.546. The largest absolute Gasteiger partial charge is 0.479 e. The highest BCUT2D eigenvalue weighted by Gasteiger charge is 2.51. The van der Waals surface area contributed by atoms with Crippen LogP contribution in [0.25, 0.3) is 27.7 Å². The van der Waals surface area contributed by atoms with Crippen molar-refractivity contribution in [1.82, 2.24) is 34.5 Å². The van der Waals surface area contributed by atoms with Crippen LogP contribution in [-0.2, 0) is 11.3 Å². The molecule has 4 aromatic rings. The van der Waals surface area contributed by atoms with Crippen LogP contribution in [0.5, 0.6) is 5.88 Å². The minimum atomic E-state index is -3.14. The van der Waals surface area contributed by atoms with Gasteiger partial charge < -0.3 is 14.8 Å². The van der Waals surface area contributed by atoms with Crippen molar-refractivity contribution in [3.05, 3.63) is 30.2 Å². The van der Waals surface area contributed by atoms with Crippen LogP contribution in [0.1, 0.15) is 4.11 Å². The molecule has 3 aromatic heterocycles. The van der Waals surface area contributed by atoms with E-state index in [0.29, 0.717) is 24.2 Å². The fourth-order valence-electron chi connectivity index (χ4n) is 4.63. The topological polar surface area (TPSA) is 94.6 Å². The molecule has 6 rings (SSSR count). The minimum Gasteiger partial charge on any atom is -0.479 e. The molecule has 0 amide bonds. The first-order valence-electron chi connectivity index (χ1n) is 12.7. The Morgan fingerprint density at radius 3 is 2.94 bits per heavy atom. The Balaban J connectivity index is 1.42. The normalized spacial score (nSPS) is 21.9. The number of likely N-dealkylation sites (tertiary alicyclic amines) is 1. The summed E-state index contributed by atoms with van der Waals surface area (Å²) in [6, 6.07) is 3.10. The third kappa shape index (κ3) is 3.71. The van der Waals surface area contributed by atoms with Gasteiger partial charge in [0.05, 0.1) is 60.8 Å². The molecule has 0 aliphatic carbocycles. The van der Waals surface area contributed by atoms with Crippen molar-refractivity contribution in [3.8, 4) is 17.0 Å². The van der Waals surface area contributed by atoms with Crippen molar-refractivity contribution in [2.24, 2.45) is 0 Å². The highest BCUT2D eigenvalue weighted by atomic mass is 19.3. The number of anilines is 1. The molecule has 0 bridgehead atoms. The molecule has 2 fully saturated rings. The smallest absolute Gasteiger partial charge is 0.281 e. The Bertz CT molecular complexity index is 1540. The van der Waals surface area contributed by atoms with Crippen molar-refractivity contribution < 1.29 is 31.1 Å². The SMILES string of the molecule is [2H]C([2H])([2H])Oc1nc(NC2CN(C3COC3)CC2(F)F)nn2cc(F)c(-c3ccc4nnn(CCF)c4c3)c12. The zero-order valence-electron chi connectivity index (χ0n) is 21.7. The Labute approximate surface area is 206 Å². The molecule has 2 saturated heterocycles. The van der Waals surface area contributed by atoms with E-state index in [1.807, 2.05) is 0 Å². The van der Waals surface area contributed by atoms with E-state index in [4.69, 9.17) is 13.6 Å². The summed E-state index contributed by atoms with van der Waals surface area (Å²) in [6.07, 6.45) is 0.968. The summed E-state index contributed by atoms with van der Waals surface area (Å²) in [5.41, 5.74) is 0.900. The van der Waals surface area contributed by atoms with E-state index in [2.05, 4.69) is 25.7 Å². The van der Waals surface area contributed by atoms with E-state index >= 15 is 4.39 Å². The molecular formula is C22H22F4N8O2. The molecule has 0 spiro atoms. The molecular weight excluding hydrogens is 484 g/mol. The van der Waals surface area contributed by atoms with Gasteiger partial charge in [-0.05, 0) is 17.7 Å². The first kappa shape index (κ1) is 19.6. The average molecular weight is 509 g/mol. The second-order valence-corrected chi connectivity index (χ2v) is 8.77. The number of rotatable bonds is 7. The lowest BCUT2D eigenvalue weighted by molar-refractivity contribution is -0.0711. The van der Waals surface area contributed by atoms with Gasteiger partial charge in [-0.3, -0.25) is 4.90 Å². The predicted octanol–water partition coefficient (Wildman–Crippen LogP) is 2.39. The van der Waals surface area contributed by atoms with Gasteiger partial charge in [-0.25, -0.2) is 26.8 Å². The van der Waals surface area contributed by atoms with E-state index in [1.165, 1.54) is 16.8 Å². The molecule has 5 heterocycles. The lowest BCUT2D eigenvalue weighted by Gasteiger charge is -2.34. The molecule has 0 saturated carbocycles. The fourth-order valence-corrected chi connectivity index (χ4v) is 4.63. The second kappa shape index (κ2) is 8.55. The number of benzene rings is 1.